The molecule has 0 aromatic heterocycles. The highest BCUT2D eigenvalue weighted by atomic mass is 35.5. The number of halogens is 1. The predicted molar refractivity (Wildman–Crippen MR) is 40.7 cm³/mol. The molecule has 0 aromatic rings. The number of hydrogen-bond donors (Lipinski definition) is 1. The van der Waals surface area contributed by atoms with Crippen LogP contribution in [0.25, 0.3) is 0 Å². The van der Waals surface area contributed by atoms with Crippen molar-refractivity contribution >= 4 is 18.4 Å². The summed E-state index contributed by atoms with van der Waals surface area (Å²) in [6.07, 6.45) is 4.98. The summed E-state index contributed by atoms with van der Waals surface area (Å²) < 4.78 is 4.31. The van der Waals surface area contributed by atoms with Gasteiger partial charge in [0.15, 0.2) is 0 Å². The number of esters is 1. The Balaban J connectivity index is 0. The third-order valence-electron chi connectivity index (χ3n) is 0.828. The van der Waals surface area contributed by atoms with Crippen molar-refractivity contribution in [3.63, 3.8) is 0 Å². The second kappa shape index (κ2) is 6.40. The summed E-state index contributed by atoms with van der Waals surface area (Å²) >= 11 is 0. The van der Waals surface area contributed by atoms with Gasteiger partial charge in [-0.05, 0) is 0 Å². The summed E-state index contributed by atoms with van der Waals surface area (Å²) in [4.78, 5) is 10.4. The van der Waals surface area contributed by atoms with Gasteiger partial charge >= 0.3 is 5.97 Å². The number of rotatable bonds is 2. The third kappa shape index (κ3) is 5.42. The van der Waals surface area contributed by atoms with E-state index in [1.165, 1.54) is 7.11 Å². The van der Waals surface area contributed by atoms with Crippen LogP contribution in [0.5, 0.6) is 0 Å². The summed E-state index contributed by atoms with van der Waals surface area (Å²) in [6.45, 7) is 0. The fourth-order valence-corrected chi connectivity index (χ4v) is 0.322. The quantitative estimate of drug-likeness (QED) is 0.458. The highest BCUT2D eigenvalue weighted by molar-refractivity contribution is 5.85. The molecule has 1 atom stereocenters. The van der Waals surface area contributed by atoms with E-state index in [1.54, 1.807) is 0 Å². The van der Waals surface area contributed by atoms with Crippen molar-refractivity contribution in [3.8, 4) is 12.3 Å². The second-order valence-electron chi connectivity index (χ2n) is 1.55. The van der Waals surface area contributed by atoms with Gasteiger partial charge in [-0.2, -0.15) is 0 Å². The number of ether oxygens (including phenoxy) is 1. The van der Waals surface area contributed by atoms with Gasteiger partial charge in [0.25, 0.3) is 0 Å². The molecule has 2 N–H and O–H groups in total. The van der Waals surface area contributed by atoms with Crippen LogP contribution < -0.4 is 5.73 Å². The first-order valence-electron chi connectivity index (χ1n) is 2.49. The smallest absolute Gasteiger partial charge is 0.308 e. The van der Waals surface area contributed by atoms with Crippen molar-refractivity contribution in [2.24, 2.45) is 5.73 Å². The Morgan fingerprint density at radius 3 is 2.70 bits per heavy atom. The van der Waals surface area contributed by atoms with Gasteiger partial charge in [-0.15, -0.1) is 18.8 Å². The van der Waals surface area contributed by atoms with E-state index in [1.807, 2.05) is 0 Å². The molecule has 0 spiro atoms. The zero-order valence-corrected chi connectivity index (χ0v) is 6.48. The topological polar surface area (TPSA) is 52.3 Å². The SMILES string of the molecule is C#C[C@@H](N)CC(=O)OC.Cl. The molecule has 0 bridgehead atoms. The lowest BCUT2D eigenvalue weighted by Crippen LogP contribution is -2.22. The van der Waals surface area contributed by atoms with Gasteiger partial charge in [-0.25, -0.2) is 0 Å². The van der Waals surface area contributed by atoms with Gasteiger partial charge in [-0.3, -0.25) is 4.79 Å². The minimum atomic E-state index is -0.516. The molecule has 0 fully saturated rings. The highest BCUT2D eigenvalue weighted by Crippen LogP contribution is 1.87. The van der Waals surface area contributed by atoms with Gasteiger partial charge in [-0.1, -0.05) is 5.92 Å². The molecule has 0 aromatic carbocycles. The lowest BCUT2D eigenvalue weighted by molar-refractivity contribution is -0.140. The summed E-state index contributed by atoms with van der Waals surface area (Å²) in [6, 6.07) is -0.516. The van der Waals surface area contributed by atoms with Gasteiger partial charge < -0.3 is 10.5 Å². The van der Waals surface area contributed by atoms with Crippen LogP contribution in [0.3, 0.4) is 0 Å². The van der Waals surface area contributed by atoms with E-state index in [-0.39, 0.29) is 24.8 Å². The maximum Gasteiger partial charge on any atom is 0.308 e. The lowest BCUT2D eigenvalue weighted by Gasteiger charge is -1.99. The minimum Gasteiger partial charge on any atom is -0.469 e. The van der Waals surface area contributed by atoms with Crippen LogP contribution in [-0.2, 0) is 9.53 Å². The molecule has 0 aliphatic rings. The Morgan fingerprint density at radius 2 is 2.40 bits per heavy atom. The number of nitrogens with two attached hydrogens (primary N) is 1. The van der Waals surface area contributed by atoms with Crippen molar-refractivity contribution in [1.29, 1.82) is 0 Å². The van der Waals surface area contributed by atoms with E-state index in [4.69, 9.17) is 12.2 Å². The molecule has 0 rings (SSSR count). The third-order valence-corrected chi connectivity index (χ3v) is 0.828. The number of hydrogen-bond acceptors (Lipinski definition) is 3. The number of methoxy groups -OCH3 is 1. The van der Waals surface area contributed by atoms with E-state index in [2.05, 4.69) is 10.7 Å². The van der Waals surface area contributed by atoms with E-state index in [0.717, 1.165) is 0 Å². The lowest BCUT2D eigenvalue weighted by atomic mass is 10.2. The number of carbonyl (C=O) groups excluding carboxylic acids is 1. The molecule has 4 heteroatoms. The van der Waals surface area contributed by atoms with Crippen molar-refractivity contribution < 1.29 is 9.53 Å². The summed E-state index contributed by atoms with van der Waals surface area (Å²) in [5.41, 5.74) is 5.21. The standard InChI is InChI=1S/C6H9NO2.ClH/c1-3-5(7)4-6(8)9-2;/h1,5H,4,7H2,2H3;1H/t5-;/m1./s1. The Bertz CT molecular complexity index is 141. The molecular weight excluding hydrogens is 154 g/mol. The molecule has 10 heavy (non-hydrogen) atoms. The summed E-state index contributed by atoms with van der Waals surface area (Å²) in [5.74, 6) is 1.83. The molecule has 0 aliphatic heterocycles. The zero-order chi connectivity index (χ0) is 7.28. The first-order chi connectivity index (χ1) is 4.20. The average molecular weight is 164 g/mol. The minimum absolute atomic E-state index is 0. The van der Waals surface area contributed by atoms with E-state index >= 15 is 0 Å². The van der Waals surface area contributed by atoms with Crippen molar-refractivity contribution in [1.82, 2.24) is 0 Å². The van der Waals surface area contributed by atoms with E-state index in [9.17, 15) is 4.79 Å². The maximum atomic E-state index is 10.4. The maximum absolute atomic E-state index is 10.4. The highest BCUT2D eigenvalue weighted by Gasteiger charge is 2.04. The monoisotopic (exact) mass is 163 g/mol. The van der Waals surface area contributed by atoms with E-state index < -0.39 is 6.04 Å². The Labute approximate surface area is 66.3 Å². The van der Waals surface area contributed by atoms with Crippen LogP contribution in [-0.4, -0.2) is 19.1 Å². The zero-order valence-electron chi connectivity index (χ0n) is 5.66. The van der Waals surface area contributed by atoms with Crippen LogP contribution in [0.15, 0.2) is 0 Å². The molecule has 0 heterocycles. The fraction of sp³-hybridized carbons (Fsp3) is 0.500. The Hall–Kier alpha value is -0.720. The number of carbonyl (C=O) groups is 1. The first kappa shape index (κ1) is 12.0. The molecule has 58 valence electrons. The molecule has 3 nitrogen and oxygen atoms in total. The summed E-state index contributed by atoms with van der Waals surface area (Å²) in [5, 5.41) is 0. The average Bonchev–Trinajstić information content (AvgIpc) is 1.87. The van der Waals surface area contributed by atoms with Crippen LogP contribution in [0, 0.1) is 12.3 Å². The van der Waals surface area contributed by atoms with E-state index in [0.29, 0.717) is 0 Å². The largest absolute Gasteiger partial charge is 0.469 e. The van der Waals surface area contributed by atoms with Gasteiger partial charge in [0.2, 0.25) is 0 Å². The van der Waals surface area contributed by atoms with Crippen LogP contribution >= 0.6 is 12.4 Å². The van der Waals surface area contributed by atoms with Crippen LogP contribution in [0.2, 0.25) is 0 Å². The van der Waals surface area contributed by atoms with Crippen LogP contribution in [0.1, 0.15) is 6.42 Å². The molecular formula is C6H10ClNO2. The van der Waals surface area contributed by atoms with Crippen molar-refractivity contribution in [2.75, 3.05) is 7.11 Å². The van der Waals surface area contributed by atoms with Gasteiger partial charge in [0.05, 0.1) is 19.6 Å². The fourth-order valence-electron chi connectivity index (χ4n) is 0.322. The van der Waals surface area contributed by atoms with Crippen molar-refractivity contribution in [2.45, 2.75) is 12.5 Å². The molecule has 0 radical (unpaired) electrons. The van der Waals surface area contributed by atoms with Gasteiger partial charge in [0, 0.05) is 0 Å². The second-order valence-corrected chi connectivity index (χ2v) is 1.55. The molecule has 0 unspecified atom stereocenters. The van der Waals surface area contributed by atoms with Crippen molar-refractivity contribution in [3.05, 3.63) is 0 Å². The molecule has 0 saturated carbocycles. The Kier molecular flexibility index (Phi) is 7.68. The van der Waals surface area contributed by atoms with Crippen LogP contribution in [0.4, 0.5) is 0 Å². The predicted octanol–water partition coefficient (Wildman–Crippen LogP) is -0.0682. The molecule has 0 amide bonds. The molecule has 0 aliphatic carbocycles. The van der Waals surface area contributed by atoms with Gasteiger partial charge in [0.1, 0.15) is 0 Å². The number of terminal acetylenes is 1. The summed E-state index contributed by atoms with van der Waals surface area (Å²) in [7, 11) is 1.30. The normalized spacial score (nSPS) is 10.5. The Morgan fingerprint density at radius 1 is 1.90 bits per heavy atom. The molecule has 0 saturated heterocycles. The first-order valence-corrected chi connectivity index (χ1v) is 2.49.